The van der Waals surface area contributed by atoms with Crippen LogP contribution in [0.2, 0.25) is 0 Å². The fourth-order valence-electron chi connectivity index (χ4n) is 1.04. The fourth-order valence-corrected chi connectivity index (χ4v) is 2.63. The number of sulfone groups is 1. The molecule has 0 aromatic carbocycles. The Kier molecular flexibility index (Phi) is 2.56. The van der Waals surface area contributed by atoms with Crippen molar-refractivity contribution in [2.24, 2.45) is 0 Å². The summed E-state index contributed by atoms with van der Waals surface area (Å²) in [5.41, 5.74) is 0. The number of carbonyl (C=O) groups excluding carboxylic acids is 1. The Balaban J connectivity index is 2.43. The highest BCUT2D eigenvalue weighted by atomic mass is 32.2. The number of methoxy groups -OCH3 is 1. The molecule has 6 heteroatoms. The third-order valence-electron chi connectivity index (χ3n) is 1.62. The summed E-state index contributed by atoms with van der Waals surface area (Å²) < 4.78 is 30.6. The van der Waals surface area contributed by atoms with Gasteiger partial charge in [-0.25, -0.2) is 13.2 Å². The molecule has 1 heterocycles. The third kappa shape index (κ3) is 2.37. The van der Waals surface area contributed by atoms with Crippen LogP contribution in [-0.2, 0) is 19.3 Å². The summed E-state index contributed by atoms with van der Waals surface area (Å²) in [5, 5.41) is 0. The van der Waals surface area contributed by atoms with Gasteiger partial charge in [0.05, 0.1) is 18.6 Å². The molecule has 0 radical (unpaired) electrons. The van der Waals surface area contributed by atoms with E-state index in [9.17, 15) is 13.2 Å². The molecule has 0 aromatic heterocycles. The van der Waals surface area contributed by atoms with E-state index in [1.165, 1.54) is 7.11 Å². The van der Waals surface area contributed by atoms with Crippen molar-refractivity contribution in [3.63, 3.8) is 0 Å². The maximum absolute atomic E-state index is 10.9. The van der Waals surface area contributed by atoms with Crippen LogP contribution in [0.25, 0.3) is 0 Å². The Morgan fingerprint density at radius 3 is 2.58 bits per heavy atom. The fraction of sp³-hybridized carbons (Fsp3) is 0.833. The van der Waals surface area contributed by atoms with Gasteiger partial charge in [-0.05, 0) is 6.42 Å². The molecule has 0 spiro atoms. The van der Waals surface area contributed by atoms with E-state index < -0.39 is 22.1 Å². The van der Waals surface area contributed by atoms with E-state index in [4.69, 9.17) is 0 Å². The molecule has 1 fully saturated rings. The molecule has 5 nitrogen and oxygen atoms in total. The molecule has 1 atom stereocenters. The van der Waals surface area contributed by atoms with Crippen LogP contribution in [0.3, 0.4) is 0 Å². The molecule has 0 unspecified atom stereocenters. The molecule has 1 aliphatic heterocycles. The monoisotopic (exact) mass is 194 g/mol. The second-order valence-electron chi connectivity index (χ2n) is 2.60. The minimum Gasteiger partial charge on any atom is -0.438 e. The van der Waals surface area contributed by atoms with E-state index in [1.807, 2.05) is 0 Å². The first-order valence-electron chi connectivity index (χ1n) is 3.48. The van der Waals surface area contributed by atoms with Gasteiger partial charge in [-0.2, -0.15) is 0 Å². The van der Waals surface area contributed by atoms with Crippen molar-refractivity contribution in [3.8, 4) is 0 Å². The highest BCUT2D eigenvalue weighted by Crippen LogP contribution is 2.14. The number of carbonyl (C=O) groups is 1. The first-order chi connectivity index (χ1) is 5.53. The van der Waals surface area contributed by atoms with Gasteiger partial charge in [0.1, 0.15) is 6.10 Å². The van der Waals surface area contributed by atoms with Crippen molar-refractivity contribution in [2.75, 3.05) is 18.6 Å². The van der Waals surface area contributed by atoms with Gasteiger partial charge in [-0.3, -0.25) is 0 Å². The van der Waals surface area contributed by atoms with E-state index in [0.29, 0.717) is 6.42 Å². The molecule has 0 bridgehead atoms. The number of hydrogen-bond donors (Lipinski definition) is 0. The average molecular weight is 194 g/mol. The highest BCUT2D eigenvalue weighted by Gasteiger charge is 2.30. The summed E-state index contributed by atoms with van der Waals surface area (Å²) in [7, 11) is -1.80. The molecular formula is C6H10O5S. The van der Waals surface area contributed by atoms with Crippen molar-refractivity contribution >= 4 is 16.0 Å². The van der Waals surface area contributed by atoms with Crippen LogP contribution in [0.4, 0.5) is 4.79 Å². The topological polar surface area (TPSA) is 69.7 Å². The molecule has 0 amide bonds. The lowest BCUT2D eigenvalue weighted by Crippen LogP contribution is -2.19. The van der Waals surface area contributed by atoms with Gasteiger partial charge in [-0.15, -0.1) is 0 Å². The van der Waals surface area contributed by atoms with Crippen molar-refractivity contribution in [3.05, 3.63) is 0 Å². The second-order valence-corrected chi connectivity index (χ2v) is 4.83. The first kappa shape index (κ1) is 9.31. The standard InChI is InChI=1S/C6H10O5S/c1-10-6(7)11-5-2-3-12(8,9)4-5/h5H,2-4H2,1H3/t5-/m1/s1. The summed E-state index contributed by atoms with van der Waals surface area (Å²) in [5.74, 6) is 0.0107. The molecule has 70 valence electrons. The first-order valence-corrected chi connectivity index (χ1v) is 5.30. The smallest absolute Gasteiger partial charge is 0.438 e. The highest BCUT2D eigenvalue weighted by molar-refractivity contribution is 7.91. The molecule has 1 saturated heterocycles. The molecule has 1 rings (SSSR count). The van der Waals surface area contributed by atoms with Gasteiger partial charge in [0.15, 0.2) is 9.84 Å². The van der Waals surface area contributed by atoms with Gasteiger partial charge < -0.3 is 9.47 Å². The minimum atomic E-state index is -2.98. The Morgan fingerprint density at radius 1 is 1.50 bits per heavy atom. The van der Waals surface area contributed by atoms with E-state index in [2.05, 4.69) is 9.47 Å². The van der Waals surface area contributed by atoms with Crippen LogP contribution in [0.15, 0.2) is 0 Å². The van der Waals surface area contributed by atoms with Crippen LogP contribution in [0.1, 0.15) is 6.42 Å². The summed E-state index contributed by atoms with van der Waals surface area (Å²) in [6.45, 7) is 0. The zero-order valence-electron chi connectivity index (χ0n) is 6.65. The van der Waals surface area contributed by atoms with Crippen LogP contribution >= 0.6 is 0 Å². The summed E-state index contributed by atoms with van der Waals surface area (Å²) in [6, 6.07) is 0. The predicted molar refractivity (Wildman–Crippen MR) is 40.5 cm³/mol. The minimum absolute atomic E-state index is 0.0812. The number of ether oxygens (including phenoxy) is 2. The van der Waals surface area contributed by atoms with Crippen molar-refractivity contribution in [2.45, 2.75) is 12.5 Å². The number of rotatable bonds is 1. The van der Waals surface area contributed by atoms with Crippen molar-refractivity contribution in [1.29, 1.82) is 0 Å². The Hall–Kier alpha value is -0.780. The van der Waals surface area contributed by atoms with Gasteiger partial charge in [0, 0.05) is 0 Å². The maximum atomic E-state index is 10.9. The molecule has 0 aliphatic carbocycles. The Morgan fingerprint density at radius 2 is 2.17 bits per heavy atom. The zero-order valence-corrected chi connectivity index (χ0v) is 7.46. The van der Waals surface area contributed by atoms with E-state index >= 15 is 0 Å². The van der Waals surface area contributed by atoms with Crippen LogP contribution < -0.4 is 0 Å². The Labute approximate surface area is 70.6 Å². The largest absolute Gasteiger partial charge is 0.508 e. The van der Waals surface area contributed by atoms with E-state index in [1.54, 1.807) is 0 Å². The van der Waals surface area contributed by atoms with Gasteiger partial charge in [0.2, 0.25) is 0 Å². The average Bonchev–Trinajstić information content (AvgIpc) is 2.30. The van der Waals surface area contributed by atoms with E-state index in [0.717, 1.165) is 0 Å². The van der Waals surface area contributed by atoms with Crippen LogP contribution in [0.5, 0.6) is 0 Å². The molecule has 0 N–H and O–H groups in total. The van der Waals surface area contributed by atoms with Crippen molar-refractivity contribution in [1.82, 2.24) is 0 Å². The molecule has 12 heavy (non-hydrogen) atoms. The van der Waals surface area contributed by atoms with Crippen molar-refractivity contribution < 1.29 is 22.7 Å². The number of hydrogen-bond acceptors (Lipinski definition) is 5. The molecule has 0 aromatic rings. The normalized spacial score (nSPS) is 26.6. The van der Waals surface area contributed by atoms with E-state index in [-0.39, 0.29) is 11.5 Å². The zero-order chi connectivity index (χ0) is 9.19. The quantitative estimate of drug-likeness (QED) is 0.547. The van der Waals surface area contributed by atoms with Gasteiger partial charge in [0.25, 0.3) is 0 Å². The Bertz CT molecular complexity index is 268. The lowest BCUT2D eigenvalue weighted by molar-refractivity contribution is 0.0459. The third-order valence-corrected chi connectivity index (χ3v) is 3.36. The SMILES string of the molecule is COC(=O)O[C@@H]1CCS(=O)(=O)C1. The van der Waals surface area contributed by atoms with Crippen LogP contribution in [-0.4, -0.2) is 39.3 Å². The lowest BCUT2D eigenvalue weighted by atomic mass is 10.3. The predicted octanol–water partition coefficient (Wildman–Crippen LogP) is -0.0435. The van der Waals surface area contributed by atoms with Gasteiger partial charge in [-0.1, -0.05) is 0 Å². The molecule has 1 aliphatic rings. The van der Waals surface area contributed by atoms with Gasteiger partial charge >= 0.3 is 6.16 Å². The maximum Gasteiger partial charge on any atom is 0.508 e. The second kappa shape index (κ2) is 3.30. The summed E-state index contributed by atoms with van der Waals surface area (Å²) >= 11 is 0. The lowest BCUT2D eigenvalue weighted by Gasteiger charge is -2.07. The summed E-state index contributed by atoms with van der Waals surface area (Å²) in [6.07, 6.45) is -0.975. The summed E-state index contributed by atoms with van der Waals surface area (Å²) in [4.78, 5) is 10.5. The molecular weight excluding hydrogens is 184 g/mol. The van der Waals surface area contributed by atoms with Crippen LogP contribution in [0, 0.1) is 0 Å². The molecule has 0 saturated carbocycles.